The quantitative estimate of drug-likeness (QED) is 0.767. The maximum atomic E-state index is 11.9. The van der Waals surface area contributed by atoms with E-state index in [1.807, 2.05) is 0 Å². The Morgan fingerprint density at radius 1 is 1.25 bits per heavy atom. The van der Waals surface area contributed by atoms with Crippen LogP contribution in [0.4, 0.5) is 11.4 Å². The third kappa shape index (κ3) is 3.72. The summed E-state index contributed by atoms with van der Waals surface area (Å²) >= 11 is 0. The number of carbonyl (C=O) groups excluding carboxylic acids is 3. The number of fused-ring (bicyclic) bond motifs is 1. The van der Waals surface area contributed by atoms with Gasteiger partial charge in [0, 0.05) is 18.7 Å². The van der Waals surface area contributed by atoms with Crippen molar-refractivity contribution in [1.29, 1.82) is 0 Å². The number of hydrogen-bond donors (Lipinski definition) is 3. The Morgan fingerprint density at radius 2 is 2.12 bits per heavy atom. The van der Waals surface area contributed by atoms with Crippen LogP contribution >= 0.6 is 0 Å². The van der Waals surface area contributed by atoms with Crippen LogP contribution < -0.4 is 20.7 Å². The fourth-order valence-corrected chi connectivity index (χ4v) is 2.17. The highest BCUT2D eigenvalue weighted by Crippen LogP contribution is 2.30. The molecule has 3 rings (SSSR count). The number of furan rings is 1. The SMILES string of the molecule is O=C(CCNC(=O)c1ccco1)Nc1ccc2c(c1)NC(=O)CO2. The van der Waals surface area contributed by atoms with E-state index < -0.39 is 0 Å². The zero-order valence-electron chi connectivity index (χ0n) is 12.6. The fourth-order valence-electron chi connectivity index (χ4n) is 2.17. The second-order valence-electron chi connectivity index (χ2n) is 5.08. The predicted molar refractivity (Wildman–Crippen MR) is 84.9 cm³/mol. The predicted octanol–water partition coefficient (Wildman–Crippen LogP) is 1.37. The summed E-state index contributed by atoms with van der Waals surface area (Å²) in [6.45, 7) is 0.157. The van der Waals surface area contributed by atoms with Crippen LogP contribution in [0.5, 0.6) is 5.75 Å². The number of anilines is 2. The van der Waals surface area contributed by atoms with Crippen molar-refractivity contribution in [3.05, 3.63) is 42.4 Å². The molecule has 124 valence electrons. The minimum absolute atomic E-state index is 0.0198. The van der Waals surface area contributed by atoms with Gasteiger partial charge in [0.1, 0.15) is 5.75 Å². The standard InChI is InChI=1S/C16H15N3O5/c20-14(5-6-17-16(22)13-2-1-7-23-13)18-10-3-4-12-11(8-10)19-15(21)9-24-12/h1-4,7-8H,5-6,9H2,(H,17,22)(H,18,20)(H,19,21). The van der Waals surface area contributed by atoms with Gasteiger partial charge in [-0.1, -0.05) is 0 Å². The van der Waals surface area contributed by atoms with Crippen molar-refractivity contribution < 1.29 is 23.5 Å². The summed E-state index contributed by atoms with van der Waals surface area (Å²) in [5, 5.41) is 7.95. The van der Waals surface area contributed by atoms with Crippen molar-refractivity contribution in [3.8, 4) is 5.75 Å². The van der Waals surface area contributed by atoms with E-state index in [9.17, 15) is 14.4 Å². The van der Waals surface area contributed by atoms with Gasteiger partial charge in [0.25, 0.3) is 11.8 Å². The molecule has 0 fully saturated rings. The Labute approximate surface area is 137 Å². The third-order valence-corrected chi connectivity index (χ3v) is 3.28. The highest BCUT2D eigenvalue weighted by atomic mass is 16.5. The van der Waals surface area contributed by atoms with Gasteiger partial charge in [-0.05, 0) is 30.3 Å². The van der Waals surface area contributed by atoms with Crippen molar-refractivity contribution in [2.75, 3.05) is 23.8 Å². The Hall–Kier alpha value is -3.29. The summed E-state index contributed by atoms with van der Waals surface area (Å²) in [5.41, 5.74) is 1.04. The molecule has 8 nitrogen and oxygen atoms in total. The molecule has 2 aromatic rings. The Bertz CT molecular complexity index is 770. The van der Waals surface area contributed by atoms with Gasteiger partial charge < -0.3 is 25.1 Å². The molecule has 0 saturated carbocycles. The van der Waals surface area contributed by atoms with Gasteiger partial charge >= 0.3 is 0 Å². The molecule has 0 aliphatic carbocycles. The summed E-state index contributed by atoms with van der Waals surface area (Å²) in [5.74, 6) is -0.134. The van der Waals surface area contributed by atoms with Gasteiger partial charge in [0.2, 0.25) is 5.91 Å². The first-order chi connectivity index (χ1) is 11.6. The van der Waals surface area contributed by atoms with E-state index in [1.165, 1.54) is 6.26 Å². The van der Waals surface area contributed by atoms with E-state index in [-0.39, 0.29) is 43.1 Å². The van der Waals surface area contributed by atoms with Gasteiger partial charge in [-0.2, -0.15) is 0 Å². The first-order valence-electron chi connectivity index (χ1n) is 7.30. The summed E-state index contributed by atoms with van der Waals surface area (Å²) in [6.07, 6.45) is 1.51. The molecule has 3 N–H and O–H groups in total. The van der Waals surface area contributed by atoms with E-state index in [0.717, 1.165) is 0 Å². The number of benzene rings is 1. The van der Waals surface area contributed by atoms with Crippen LogP contribution in [0, 0.1) is 0 Å². The Balaban J connectivity index is 1.49. The smallest absolute Gasteiger partial charge is 0.286 e. The zero-order valence-corrected chi connectivity index (χ0v) is 12.6. The van der Waals surface area contributed by atoms with Crippen LogP contribution in [0.1, 0.15) is 17.0 Å². The maximum absolute atomic E-state index is 11.9. The van der Waals surface area contributed by atoms with Crippen molar-refractivity contribution in [3.63, 3.8) is 0 Å². The minimum Gasteiger partial charge on any atom is -0.482 e. The number of amides is 3. The number of nitrogens with one attached hydrogen (secondary N) is 3. The van der Waals surface area contributed by atoms with Crippen molar-refractivity contribution in [1.82, 2.24) is 5.32 Å². The average molecular weight is 329 g/mol. The average Bonchev–Trinajstić information content (AvgIpc) is 3.09. The van der Waals surface area contributed by atoms with E-state index in [2.05, 4.69) is 16.0 Å². The van der Waals surface area contributed by atoms with Crippen LogP contribution in [0.2, 0.25) is 0 Å². The van der Waals surface area contributed by atoms with Crippen LogP contribution in [0.3, 0.4) is 0 Å². The molecule has 2 heterocycles. The van der Waals surface area contributed by atoms with E-state index in [0.29, 0.717) is 17.1 Å². The fraction of sp³-hybridized carbons (Fsp3) is 0.188. The second kappa shape index (κ2) is 6.86. The number of carbonyl (C=O) groups is 3. The molecule has 1 aliphatic rings. The lowest BCUT2D eigenvalue weighted by Gasteiger charge is -2.18. The summed E-state index contributed by atoms with van der Waals surface area (Å²) in [6, 6.07) is 8.11. The summed E-state index contributed by atoms with van der Waals surface area (Å²) in [4.78, 5) is 34.8. The third-order valence-electron chi connectivity index (χ3n) is 3.28. The molecule has 0 spiro atoms. The van der Waals surface area contributed by atoms with Crippen molar-refractivity contribution >= 4 is 29.1 Å². The molecule has 0 saturated heterocycles. The topological polar surface area (TPSA) is 110 Å². The van der Waals surface area contributed by atoms with Gasteiger partial charge in [0.15, 0.2) is 12.4 Å². The first kappa shape index (κ1) is 15.6. The zero-order chi connectivity index (χ0) is 16.9. The van der Waals surface area contributed by atoms with Crippen molar-refractivity contribution in [2.45, 2.75) is 6.42 Å². The molecule has 3 amide bonds. The van der Waals surface area contributed by atoms with Crippen LogP contribution in [0.25, 0.3) is 0 Å². The number of hydrogen-bond acceptors (Lipinski definition) is 5. The lowest BCUT2D eigenvalue weighted by molar-refractivity contribution is -0.118. The first-order valence-corrected chi connectivity index (χ1v) is 7.30. The molecular formula is C16H15N3O5. The van der Waals surface area contributed by atoms with Gasteiger partial charge in [-0.3, -0.25) is 14.4 Å². The molecular weight excluding hydrogens is 314 g/mol. The summed E-state index contributed by atoms with van der Waals surface area (Å²) in [7, 11) is 0. The lowest BCUT2D eigenvalue weighted by Crippen LogP contribution is -2.27. The van der Waals surface area contributed by atoms with Gasteiger partial charge in [0.05, 0.1) is 12.0 Å². The highest BCUT2D eigenvalue weighted by molar-refractivity contribution is 5.98. The van der Waals surface area contributed by atoms with Crippen LogP contribution in [0.15, 0.2) is 41.0 Å². The van der Waals surface area contributed by atoms with E-state index in [4.69, 9.17) is 9.15 Å². The maximum Gasteiger partial charge on any atom is 0.286 e. The molecule has 1 aromatic heterocycles. The minimum atomic E-state index is -0.374. The molecule has 8 heteroatoms. The van der Waals surface area contributed by atoms with E-state index >= 15 is 0 Å². The largest absolute Gasteiger partial charge is 0.482 e. The number of ether oxygens (including phenoxy) is 1. The molecule has 0 radical (unpaired) electrons. The molecule has 0 unspecified atom stereocenters. The summed E-state index contributed by atoms with van der Waals surface area (Å²) < 4.78 is 10.2. The van der Waals surface area contributed by atoms with Gasteiger partial charge in [-0.15, -0.1) is 0 Å². The normalized spacial score (nSPS) is 12.6. The number of rotatable bonds is 5. The Kier molecular flexibility index (Phi) is 4.46. The molecule has 1 aliphatic heterocycles. The van der Waals surface area contributed by atoms with Gasteiger partial charge in [-0.25, -0.2) is 0 Å². The van der Waals surface area contributed by atoms with Crippen molar-refractivity contribution in [2.24, 2.45) is 0 Å². The molecule has 0 atom stereocenters. The molecule has 1 aromatic carbocycles. The highest BCUT2D eigenvalue weighted by Gasteiger charge is 2.16. The van der Waals surface area contributed by atoms with Crippen LogP contribution in [-0.4, -0.2) is 30.9 Å². The second-order valence-corrected chi connectivity index (χ2v) is 5.08. The Morgan fingerprint density at radius 3 is 2.92 bits per heavy atom. The molecule has 0 bridgehead atoms. The van der Waals surface area contributed by atoms with E-state index in [1.54, 1.807) is 30.3 Å². The monoisotopic (exact) mass is 329 g/mol. The molecule has 24 heavy (non-hydrogen) atoms. The van der Waals surface area contributed by atoms with Crippen LogP contribution in [-0.2, 0) is 9.59 Å². The lowest BCUT2D eigenvalue weighted by atomic mass is 10.2.